The van der Waals surface area contributed by atoms with E-state index < -0.39 is 22.1 Å². The smallest absolute Gasteiger partial charge is 0.346 e. The molecule has 2 rings (SSSR count). The first-order chi connectivity index (χ1) is 8.32. The van der Waals surface area contributed by atoms with E-state index in [1.807, 2.05) is 0 Å². The predicted octanol–water partition coefficient (Wildman–Crippen LogP) is 0.510. The molecule has 2 heterocycles. The lowest BCUT2D eigenvalue weighted by Gasteiger charge is -2.13. The van der Waals surface area contributed by atoms with Gasteiger partial charge in [0.2, 0.25) is 0 Å². The molecule has 1 atom stereocenters. The lowest BCUT2D eigenvalue weighted by Crippen LogP contribution is -2.29. The van der Waals surface area contributed by atoms with Gasteiger partial charge in [0.05, 0.1) is 6.10 Å². The molecule has 1 saturated heterocycles. The molecule has 8 heteroatoms. The molecule has 0 aromatic carbocycles. The Balaban J connectivity index is 2.36. The van der Waals surface area contributed by atoms with Crippen LogP contribution in [-0.2, 0) is 10.0 Å². The second-order valence-corrected chi connectivity index (χ2v) is 7.41. The summed E-state index contributed by atoms with van der Waals surface area (Å²) in [5.74, 6) is -1.12. The first-order valence-electron chi connectivity index (χ1n) is 5.34. The van der Waals surface area contributed by atoms with Crippen molar-refractivity contribution in [2.45, 2.75) is 23.7 Å². The molecule has 18 heavy (non-hydrogen) atoms. The Morgan fingerprint density at radius 3 is 2.67 bits per heavy atom. The molecule has 0 radical (unpaired) electrons. The molecule has 1 aromatic rings. The number of carboxylic acids is 1. The summed E-state index contributed by atoms with van der Waals surface area (Å²) in [5, 5.41) is 18.3. The number of nitrogens with zero attached hydrogens (tertiary/aromatic N) is 1. The van der Waals surface area contributed by atoms with Gasteiger partial charge < -0.3 is 10.2 Å². The Morgan fingerprint density at radius 2 is 2.22 bits per heavy atom. The number of thiophene rings is 1. The summed E-state index contributed by atoms with van der Waals surface area (Å²) in [6.07, 6.45) is -0.227. The first-order valence-corrected chi connectivity index (χ1v) is 7.60. The molecule has 1 unspecified atom stereocenters. The summed E-state index contributed by atoms with van der Waals surface area (Å²) in [7, 11) is -3.68. The minimum Gasteiger partial charge on any atom is -0.477 e. The van der Waals surface area contributed by atoms with Crippen LogP contribution in [0.1, 0.15) is 21.7 Å². The van der Waals surface area contributed by atoms with Crippen LogP contribution in [0.2, 0.25) is 0 Å². The second-order valence-electron chi connectivity index (χ2n) is 4.19. The number of aliphatic hydroxyl groups excluding tert-OH is 1. The topological polar surface area (TPSA) is 94.9 Å². The maximum Gasteiger partial charge on any atom is 0.346 e. The van der Waals surface area contributed by atoms with Gasteiger partial charge >= 0.3 is 5.97 Å². The Hall–Kier alpha value is -0.960. The number of carboxylic acid groups (broad SMARTS) is 1. The van der Waals surface area contributed by atoms with Gasteiger partial charge in [-0.25, -0.2) is 13.2 Å². The van der Waals surface area contributed by atoms with E-state index in [-0.39, 0.29) is 22.2 Å². The van der Waals surface area contributed by atoms with Crippen LogP contribution in [-0.4, -0.2) is 48.1 Å². The van der Waals surface area contributed by atoms with Crippen LogP contribution in [0, 0.1) is 6.92 Å². The molecular formula is C10H13NO5S2. The number of aliphatic hydroxyl groups is 1. The third-order valence-corrected chi connectivity index (χ3v) is 6.35. The molecular weight excluding hydrogens is 278 g/mol. The number of carbonyl (C=O) groups is 1. The van der Waals surface area contributed by atoms with Crippen molar-refractivity contribution in [2.24, 2.45) is 0 Å². The predicted molar refractivity (Wildman–Crippen MR) is 65.4 cm³/mol. The van der Waals surface area contributed by atoms with Crippen LogP contribution >= 0.6 is 11.3 Å². The fourth-order valence-electron chi connectivity index (χ4n) is 1.85. The molecule has 1 fully saturated rings. The number of aromatic carboxylic acids is 1. The van der Waals surface area contributed by atoms with E-state index in [0.29, 0.717) is 12.0 Å². The molecule has 0 bridgehead atoms. The Morgan fingerprint density at radius 1 is 1.56 bits per heavy atom. The van der Waals surface area contributed by atoms with Gasteiger partial charge in [-0.15, -0.1) is 11.3 Å². The quantitative estimate of drug-likeness (QED) is 0.846. The normalized spacial score (nSPS) is 21.3. The molecule has 6 nitrogen and oxygen atoms in total. The summed E-state index contributed by atoms with van der Waals surface area (Å²) in [4.78, 5) is 10.9. The maximum absolute atomic E-state index is 12.2. The maximum atomic E-state index is 12.2. The summed E-state index contributed by atoms with van der Waals surface area (Å²) in [5.41, 5.74) is 0.436. The summed E-state index contributed by atoms with van der Waals surface area (Å²) in [6, 6.07) is 1.37. The number of hydrogen-bond donors (Lipinski definition) is 2. The van der Waals surface area contributed by atoms with Gasteiger partial charge in [0, 0.05) is 13.1 Å². The van der Waals surface area contributed by atoms with E-state index in [9.17, 15) is 18.3 Å². The highest BCUT2D eigenvalue weighted by Gasteiger charge is 2.33. The number of aryl methyl sites for hydroxylation is 1. The SMILES string of the molecule is Cc1cc(S(=O)(=O)N2CCC(O)C2)sc1C(=O)O. The molecule has 0 aliphatic carbocycles. The van der Waals surface area contributed by atoms with Crippen molar-refractivity contribution in [2.75, 3.05) is 13.1 Å². The van der Waals surface area contributed by atoms with Gasteiger partial charge in [-0.2, -0.15) is 4.31 Å². The van der Waals surface area contributed by atoms with E-state index >= 15 is 0 Å². The molecule has 100 valence electrons. The molecule has 1 aliphatic heterocycles. The minimum absolute atomic E-state index is 0.0199. The molecule has 1 aliphatic rings. The average molecular weight is 291 g/mol. The van der Waals surface area contributed by atoms with Gasteiger partial charge in [-0.05, 0) is 25.0 Å². The minimum atomic E-state index is -3.68. The van der Waals surface area contributed by atoms with E-state index in [1.165, 1.54) is 10.4 Å². The van der Waals surface area contributed by atoms with Crippen molar-refractivity contribution < 1.29 is 23.4 Å². The van der Waals surface area contributed by atoms with Crippen LogP contribution in [0.5, 0.6) is 0 Å². The van der Waals surface area contributed by atoms with Gasteiger partial charge in [-0.1, -0.05) is 0 Å². The number of β-amino-alcohol motifs (C(OH)–C–C–N with tert-alkyl or cyclic N) is 1. The van der Waals surface area contributed by atoms with Gasteiger partial charge in [0.1, 0.15) is 9.09 Å². The van der Waals surface area contributed by atoms with Crippen LogP contribution in [0.3, 0.4) is 0 Å². The van der Waals surface area contributed by atoms with Gasteiger partial charge in [0.15, 0.2) is 0 Å². The van der Waals surface area contributed by atoms with E-state index in [1.54, 1.807) is 6.92 Å². The van der Waals surface area contributed by atoms with Crippen LogP contribution in [0.4, 0.5) is 0 Å². The number of sulfonamides is 1. The lowest BCUT2D eigenvalue weighted by atomic mass is 10.3. The molecule has 0 amide bonds. The van der Waals surface area contributed by atoms with Crippen molar-refractivity contribution in [3.63, 3.8) is 0 Å². The van der Waals surface area contributed by atoms with Crippen LogP contribution in [0.15, 0.2) is 10.3 Å². The molecule has 2 N–H and O–H groups in total. The van der Waals surface area contributed by atoms with Crippen molar-refractivity contribution in [3.05, 3.63) is 16.5 Å². The van der Waals surface area contributed by atoms with E-state index in [0.717, 1.165) is 11.3 Å². The zero-order valence-corrected chi connectivity index (χ0v) is 11.3. The monoisotopic (exact) mass is 291 g/mol. The Kier molecular flexibility index (Phi) is 3.45. The van der Waals surface area contributed by atoms with E-state index in [2.05, 4.69) is 0 Å². The fourth-order valence-corrected chi connectivity index (χ4v) is 4.87. The third-order valence-electron chi connectivity index (χ3n) is 2.81. The number of hydrogen-bond acceptors (Lipinski definition) is 5. The molecule has 0 spiro atoms. The van der Waals surface area contributed by atoms with Crippen molar-refractivity contribution in [3.8, 4) is 0 Å². The number of rotatable bonds is 3. The largest absolute Gasteiger partial charge is 0.477 e. The zero-order valence-electron chi connectivity index (χ0n) is 9.66. The van der Waals surface area contributed by atoms with Crippen molar-refractivity contribution in [1.29, 1.82) is 0 Å². The van der Waals surface area contributed by atoms with Crippen LogP contribution < -0.4 is 0 Å². The standard InChI is InChI=1S/C10H13NO5S2/c1-6-4-8(17-9(6)10(13)14)18(15,16)11-3-2-7(12)5-11/h4,7,12H,2-3,5H2,1H3,(H,13,14). The van der Waals surface area contributed by atoms with Crippen LogP contribution in [0.25, 0.3) is 0 Å². The molecule has 1 aromatic heterocycles. The van der Waals surface area contributed by atoms with Crippen molar-refractivity contribution in [1.82, 2.24) is 4.31 Å². The van der Waals surface area contributed by atoms with E-state index in [4.69, 9.17) is 5.11 Å². The highest BCUT2D eigenvalue weighted by atomic mass is 32.2. The average Bonchev–Trinajstić information content (AvgIpc) is 2.84. The second kappa shape index (κ2) is 4.61. The highest BCUT2D eigenvalue weighted by molar-refractivity contribution is 7.91. The lowest BCUT2D eigenvalue weighted by molar-refractivity contribution is 0.0701. The highest BCUT2D eigenvalue weighted by Crippen LogP contribution is 2.30. The fraction of sp³-hybridized carbons (Fsp3) is 0.500. The Labute approximate surface area is 109 Å². The Bertz CT molecular complexity index is 577. The van der Waals surface area contributed by atoms with Crippen molar-refractivity contribution >= 4 is 27.3 Å². The first kappa shape index (κ1) is 13.5. The summed E-state index contributed by atoms with van der Waals surface area (Å²) >= 11 is 0.752. The summed E-state index contributed by atoms with van der Waals surface area (Å²) < 4.78 is 25.6. The third kappa shape index (κ3) is 2.28. The summed E-state index contributed by atoms with van der Waals surface area (Å²) in [6.45, 7) is 1.91. The van der Waals surface area contributed by atoms with Gasteiger partial charge in [0.25, 0.3) is 10.0 Å². The molecule has 0 saturated carbocycles. The van der Waals surface area contributed by atoms with Gasteiger partial charge in [-0.3, -0.25) is 0 Å². The zero-order chi connectivity index (χ0) is 13.5.